The molecule has 0 aliphatic carbocycles. The standard InChI is InChI=1S/C14H15N7OS/c15-14-19-10(7-23-14)3-2-6-16-13(22)11-4-1-5-12(20-11)21-8-17-18-9-21/h1,4-5,7-9H,2-3,6H2,(H2,15,19)(H,16,22). The molecule has 0 bridgehead atoms. The van der Waals surface area contributed by atoms with Crippen molar-refractivity contribution in [2.24, 2.45) is 0 Å². The van der Waals surface area contributed by atoms with Gasteiger partial charge in [-0.2, -0.15) is 0 Å². The zero-order valence-corrected chi connectivity index (χ0v) is 13.0. The Kier molecular flexibility index (Phi) is 4.57. The molecule has 3 heterocycles. The second kappa shape index (κ2) is 6.97. The monoisotopic (exact) mass is 329 g/mol. The number of nitrogens with zero attached hydrogens (tertiary/aromatic N) is 5. The molecule has 0 saturated heterocycles. The van der Waals surface area contributed by atoms with E-state index in [4.69, 9.17) is 5.73 Å². The first-order chi connectivity index (χ1) is 11.2. The number of aryl methyl sites for hydroxylation is 1. The molecule has 8 nitrogen and oxygen atoms in total. The molecule has 0 aliphatic rings. The average molecular weight is 329 g/mol. The number of carbonyl (C=O) groups excluding carboxylic acids is 1. The summed E-state index contributed by atoms with van der Waals surface area (Å²) in [6.07, 6.45) is 4.63. The van der Waals surface area contributed by atoms with E-state index in [1.807, 2.05) is 5.38 Å². The van der Waals surface area contributed by atoms with Gasteiger partial charge in [-0.15, -0.1) is 21.5 Å². The normalized spacial score (nSPS) is 10.6. The Labute approximate surface area is 136 Å². The van der Waals surface area contributed by atoms with E-state index in [-0.39, 0.29) is 5.91 Å². The van der Waals surface area contributed by atoms with Crippen molar-refractivity contribution >= 4 is 22.4 Å². The van der Waals surface area contributed by atoms with Crippen molar-refractivity contribution in [3.05, 3.63) is 47.6 Å². The predicted octanol–water partition coefficient (Wildman–Crippen LogP) is 1.06. The van der Waals surface area contributed by atoms with Gasteiger partial charge >= 0.3 is 0 Å². The lowest BCUT2D eigenvalue weighted by molar-refractivity contribution is 0.0948. The van der Waals surface area contributed by atoms with Crippen LogP contribution in [-0.4, -0.2) is 37.2 Å². The Morgan fingerprint density at radius 3 is 2.83 bits per heavy atom. The summed E-state index contributed by atoms with van der Waals surface area (Å²) < 4.78 is 1.64. The number of pyridine rings is 1. The first kappa shape index (κ1) is 15.1. The lowest BCUT2D eigenvalue weighted by Crippen LogP contribution is -2.26. The highest BCUT2D eigenvalue weighted by atomic mass is 32.1. The molecule has 0 unspecified atom stereocenters. The van der Waals surface area contributed by atoms with Gasteiger partial charge < -0.3 is 11.1 Å². The summed E-state index contributed by atoms with van der Waals surface area (Å²) in [5, 5.41) is 12.8. The Bertz CT molecular complexity index is 784. The zero-order chi connectivity index (χ0) is 16.1. The highest BCUT2D eigenvalue weighted by Gasteiger charge is 2.08. The molecule has 0 spiro atoms. The van der Waals surface area contributed by atoms with Gasteiger partial charge in [-0.05, 0) is 25.0 Å². The summed E-state index contributed by atoms with van der Waals surface area (Å²) in [4.78, 5) is 20.6. The second-order valence-corrected chi connectivity index (χ2v) is 5.68. The van der Waals surface area contributed by atoms with Crippen LogP contribution < -0.4 is 11.1 Å². The van der Waals surface area contributed by atoms with Crippen LogP contribution in [0, 0.1) is 0 Å². The third-order valence-corrected chi connectivity index (χ3v) is 3.84. The average Bonchev–Trinajstić information content (AvgIpc) is 3.23. The summed E-state index contributed by atoms with van der Waals surface area (Å²) in [6.45, 7) is 0.550. The van der Waals surface area contributed by atoms with Crippen molar-refractivity contribution < 1.29 is 4.79 Å². The van der Waals surface area contributed by atoms with Crippen LogP contribution in [0.1, 0.15) is 22.6 Å². The lowest BCUT2D eigenvalue weighted by Gasteiger charge is -2.06. The van der Waals surface area contributed by atoms with E-state index in [1.54, 1.807) is 22.8 Å². The SMILES string of the molecule is Nc1nc(CCCNC(=O)c2cccc(-n3cnnc3)n2)cs1. The van der Waals surface area contributed by atoms with Gasteiger partial charge in [0.05, 0.1) is 5.69 Å². The van der Waals surface area contributed by atoms with Gasteiger partial charge in [0.25, 0.3) is 5.91 Å². The first-order valence-corrected chi connectivity index (χ1v) is 7.90. The number of rotatable bonds is 6. The third-order valence-electron chi connectivity index (χ3n) is 3.12. The summed E-state index contributed by atoms with van der Waals surface area (Å²) in [5.74, 6) is 0.387. The summed E-state index contributed by atoms with van der Waals surface area (Å²) in [6, 6.07) is 5.23. The van der Waals surface area contributed by atoms with Crippen molar-refractivity contribution in [2.45, 2.75) is 12.8 Å². The van der Waals surface area contributed by atoms with Gasteiger partial charge in [-0.1, -0.05) is 6.07 Å². The van der Waals surface area contributed by atoms with E-state index >= 15 is 0 Å². The molecular formula is C14H15N7OS. The minimum atomic E-state index is -0.210. The molecule has 118 valence electrons. The van der Waals surface area contributed by atoms with Crippen LogP contribution in [-0.2, 0) is 6.42 Å². The lowest BCUT2D eigenvalue weighted by atomic mass is 10.2. The maximum Gasteiger partial charge on any atom is 0.269 e. The van der Waals surface area contributed by atoms with Crippen LogP contribution in [0.25, 0.3) is 5.82 Å². The fourth-order valence-electron chi connectivity index (χ4n) is 2.01. The highest BCUT2D eigenvalue weighted by Crippen LogP contribution is 2.12. The first-order valence-electron chi connectivity index (χ1n) is 7.02. The molecule has 0 aliphatic heterocycles. The number of hydrogen-bond donors (Lipinski definition) is 2. The Morgan fingerprint density at radius 2 is 2.09 bits per heavy atom. The molecule has 0 aromatic carbocycles. The van der Waals surface area contributed by atoms with Crippen LogP contribution >= 0.6 is 11.3 Å². The largest absolute Gasteiger partial charge is 0.375 e. The van der Waals surface area contributed by atoms with Crippen LogP contribution in [0.15, 0.2) is 36.2 Å². The van der Waals surface area contributed by atoms with E-state index in [0.29, 0.717) is 23.2 Å². The van der Waals surface area contributed by atoms with Crippen LogP contribution in [0.2, 0.25) is 0 Å². The van der Waals surface area contributed by atoms with E-state index in [2.05, 4.69) is 25.5 Å². The smallest absolute Gasteiger partial charge is 0.269 e. The van der Waals surface area contributed by atoms with Gasteiger partial charge in [0, 0.05) is 11.9 Å². The molecule has 0 atom stereocenters. The molecule has 3 aromatic rings. The number of thiazole rings is 1. The van der Waals surface area contributed by atoms with Crippen LogP contribution in [0.4, 0.5) is 5.13 Å². The summed E-state index contributed by atoms with van der Waals surface area (Å²) in [5.41, 5.74) is 6.89. The van der Waals surface area contributed by atoms with E-state index in [9.17, 15) is 4.79 Å². The minimum Gasteiger partial charge on any atom is -0.375 e. The number of nitrogens with one attached hydrogen (secondary N) is 1. The van der Waals surface area contributed by atoms with Crippen molar-refractivity contribution in [3.8, 4) is 5.82 Å². The molecule has 23 heavy (non-hydrogen) atoms. The Morgan fingerprint density at radius 1 is 1.26 bits per heavy atom. The number of aromatic nitrogens is 5. The van der Waals surface area contributed by atoms with Gasteiger partial charge in [0.15, 0.2) is 5.13 Å². The molecule has 0 saturated carbocycles. The fraction of sp³-hybridized carbons (Fsp3) is 0.214. The number of nitrogens with two attached hydrogens (primary N) is 1. The van der Waals surface area contributed by atoms with Gasteiger partial charge in [-0.25, -0.2) is 9.97 Å². The summed E-state index contributed by atoms with van der Waals surface area (Å²) in [7, 11) is 0. The van der Waals surface area contributed by atoms with E-state index in [0.717, 1.165) is 18.5 Å². The van der Waals surface area contributed by atoms with Crippen molar-refractivity contribution in [3.63, 3.8) is 0 Å². The quantitative estimate of drug-likeness (QED) is 0.654. The summed E-state index contributed by atoms with van der Waals surface area (Å²) >= 11 is 1.42. The molecule has 0 radical (unpaired) electrons. The molecular weight excluding hydrogens is 314 g/mol. The van der Waals surface area contributed by atoms with Gasteiger partial charge in [0.1, 0.15) is 24.2 Å². The number of anilines is 1. The maximum absolute atomic E-state index is 12.1. The third kappa shape index (κ3) is 3.89. The molecule has 3 aromatic heterocycles. The number of nitrogen functional groups attached to an aromatic ring is 1. The van der Waals surface area contributed by atoms with E-state index < -0.39 is 0 Å². The maximum atomic E-state index is 12.1. The van der Waals surface area contributed by atoms with Crippen LogP contribution in [0.3, 0.4) is 0 Å². The fourth-order valence-corrected chi connectivity index (χ4v) is 2.61. The van der Waals surface area contributed by atoms with Gasteiger partial charge in [-0.3, -0.25) is 9.36 Å². The van der Waals surface area contributed by atoms with Crippen molar-refractivity contribution in [2.75, 3.05) is 12.3 Å². The Balaban J connectivity index is 1.53. The molecule has 0 fully saturated rings. The van der Waals surface area contributed by atoms with Crippen LogP contribution in [0.5, 0.6) is 0 Å². The minimum absolute atomic E-state index is 0.210. The van der Waals surface area contributed by atoms with Crippen molar-refractivity contribution in [1.82, 2.24) is 30.0 Å². The number of carbonyl (C=O) groups is 1. The number of amides is 1. The van der Waals surface area contributed by atoms with Gasteiger partial charge in [0.2, 0.25) is 0 Å². The highest BCUT2D eigenvalue weighted by molar-refractivity contribution is 7.13. The molecule has 9 heteroatoms. The van der Waals surface area contributed by atoms with E-state index in [1.165, 1.54) is 24.0 Å². The van der Waals surface area contributed by atoms with Crippen molar-refractivity contribution in [1.29, 1.82) is 0 Å². The molecule has 3 rings (SSSR count). The topological polar surface area (TPSA) is 112 Å². The molecule has 3 N–H and O–H groups in total. The Hall–Kier alpha value is -2.81. The second-order valence-electron chi connectivity index (χ2n) is 4.79. The molecule has 1 amide bonds. The number of hydrogen-bond acceptors (Lipinski definition) is 7. The predicted molar refractivity (Wildman–Crippen MR) is 86.3 cm³/mol. The zero-order valence-electron chi connectivity index (χ0n) is 12.2.